The highest BCUT2D eigenvalue weighted by molar-refractivity contribution is 6.30. The van der Waals surface area contributed by atoms with Crippen LogP contribution in [0.5, 0.6) is 0 Å². The van der Waals surface area contributed by atoms with Crippen molar-refractivity contribution >= 4 is 17.5 Å². The van der Waals surface area contributed by atoms with Crippen LogP contribution in [0.2, 0.25) is 0 Å². The Hall–Kier alpha value is -1.28. The molecule has 0 fully saturated rings. The number of hydrogen-bond donors (Lipinski definition) is 1. The molecule has 0 bridgehead atoms. The van der Waals surface area contributed by atoms with Crippen LogP contribution >= 0.6 is 11.6 Å². The smallest absolute Gasteiger partial charge is 0.223 e. The van der Waals surface area contributed by atoms with E-state index < -0.39 is 0 Å². The van der Waals surface area contributed by atoms with Crippen molar-refractivity contribution in [3.8, 4) is 0 Å². The van der Waals surface area contributed by atoms with Gasteiger partial charge in [0.15, 0.2) is 0 Å². The Labute approximate surface area is 119 Å². The number of halogens is 1. The molecule has 102 valence electrons. The molecule has 1 aromatic rings. The molecule has 1 N–H and O–H groups in total. The predicted octanol–water partition coefficient (Wildman–Crippen LogP) is 3.66. The second-order valence-electron chi connectivity index (χ2n) is 5.17. The van der Waals surface area contributed by atoms with Gasteiger partial charge in [0.25, 0.3) is 0 Å². The van der Waals surface area contributed by atoms with Gasteiger partial charge < -0.3 is 5.32 Å². The lowest BCUT2D eigenvalue weighted by atomic mass is 9.98. The highest BCUT2D eigenvalue weighted by Gasteiger charge is 2.21. The van der Waals surface area contributed by atoms with E-state index in [2.05, 4.69) is 17.4 Å². The van der Waals surface area contributed by atoms with Crippen molar-refractivity contribution in [2.75, 3.05) is 0 Å². The number of amides is 1. The van der Waals surface area contributed by atoms with E-state index in [1.165, 1.54) is 5.56 Å². The molecule has 0 radical (unpaired) electrons. The van der Waals surface area contributed by atoms with E-state index in [0.717, 1.165) is 30.7 Å². The lowest BCUT2D eigenvalue weighted by Gasteiger charge is -2.23. The molecule has 0 unspecified atom stereocenters. The monoisotopic (exact) mass is 277 g/mol. The summed E-state index contributed by atoms with van der Waals surface area (Å²) >= 11 is 6.14. The van der Waals surface area contributed by atoms with E-state index in [0.29, 0.717) is 0 Å². The number of benzene rings is 1. The number of carbonyl (C=O) groups excluding carboxylic acids is 1. The third-order valence-electron chi connectivity index (χ3n) is 3.52. The van der Waals surface area contributed by atoms with Gasteiger partial charge in [-0.15, -0.1) is 0 Å². The lowest BCUT2D eigenvalue weighted by molar-refractivity contribution is -0.125. The van der Waals surface area contributed by atoms with Gasteiger partial charge in [0.2, 0.25) is 5.91 Å². The first-order chi connectivity index (χ1) is 9.16. The van der Waals surface area contributed by atoms with E-state index in [1.807, 2.05) is 31.2 Å². The summed E-state index contributed by atoms with van der Waals surface area (Å²) in [5, 5.41) is 3.83. The van der Waals surface area contributed by atoms with Crippen molar-refractivity contribution in [3.63, 3.8) is 0 Å². The second-order valence-corrected chi connectivity index (χ2v) is 5.61. The molecular weight excluding hydrogens is 258 g/mol. The van der Waals surface area contributed by atoms with Crippen molar-refractivity contribution < 1.29 is 4.79 Å². The average molecular weight is 278 g/mol. The highest BCUT2D eigenvalue weighted by Crippen LogP contribution is 2.22. The molecule has 2 atom stereocenters. The van der Waals surface area contributed by atoms with Gasteiger partial charge in [-0.25, -0.2) is 0 Å². The minimum atomic E-state index is -0.0335. The number of nitrogens with one attached hydrogen (secondary N) is 1. The SMILES string of the molecule is C[C@@H](Cc1ccccc1)C(=O)N[C@H]1CCCC=C1Cl. The van der Waals surface area contributed by atoms with Crippen LogP contribution in [-0.4, -0.2) is 11.9 Å². The lowest BCUT2D eigenvalue weighted by Crippen LogP contribution is -2.39. The molecule has 2 nitrogen and oxygen atoms in total. The van der Waals surface area contributed by atoms with Crippen molar-refractivity contribution in [1.29, 1.82) is 0 Å². The molecule has 19 heavy (non-hydrogen) atoms. The zero-order chi connectivity index (χ0) is 13.7. The fourth-order valence-electron chi connectivity index (χ4n) is 2.36. The van der Waals surface area contributed by atoms with Crippen molar-refractivity contribution in [2.24, 2.45) is 5.92 Å². The van der Waals surface area contributed by atoms with Crippen LogP contribution in [0.3, 0.4) is 0 Å². The number of carbonyl (C=O) groups is 1. The van der Waals surface area contributed by atoms with Crippen LogP contribution < -0.4 is 5.32 Å². The maximum absolute atomic E-state index is 12.2. The standard InChI is InChI=1S/C16H20ClNO/c1-12(11-13-7-3-2-4-8-13)16(19)18-15-10-6-5-9-14(15)17/h2-4,7-9,12,15H,5-6,10-11H2,1H3,(H,18,19)/t12-,15-/m0/s1. The zero-order valence-electron chi connectivity index (χ0n) is 11.2. The van der Waals surface area contributed by atoms with Crippen molar-refractivity contribution in [1.82, 2.24) is 5.32 Å². The average Bonchev–Trinajstić information content (AvgIpc) is 2.42. The molecule has 0 aromatic heterocycles. The molecule has 1 aliphatic rings. The minimum Gasteiger partial charge on any atom is -0.348 e. The Morgan fingerprint density at radius 2 is 2.16 bits per heavy atom. The first-order valence-corrected chi connectivity index (χ1v) is 7.24. The molecule has 0 aliphatic heterocycles. The number of rotatable bonds is 4. The third-order valence-corrected chi connectivity index (χ3v) is 3.94. The van der Waals surface area contributed by atoms with Crippen LogP contribution in [-0.2, 0) is 11.2 Å². The Kier molecular flexibility index (Phi) is 5.03. The van der Waals surface area contributed by atoms with Gasteiger partial charge in [0.1, 0.15) is 0 Å². The maximum Gasteiger partial charge on any atom is 0.223 e. The topological polar surface area (TPSA) is 29.1 Å². The van der Waals surface area contributed by atoms with Gasteiger partial charge >= 0.3 is 0 Å². The molecule has 1 amide bonds. The fourth-order valence-corrected chi connectivity index (χ4v) is 2.63. The van der Waals surface area contributed by atoms with E-state index in [1.54, 1.807) is 0 Å². The number of hydrogen-bond acceptors (Lipinski definition) is 1. The zero-order valence-corrected chi connectivity index (χ0v) is 12.0. The summed E-state index contributed by atoms with van der Waals surface area (Å²) < 4.78 is 0. The molecule has 2 rings (SSSR count). The second kappa shape index (κ2) is 6.76. The summed E-state index contributed by atoms with van der Waals surface area (Å²) in [5.41, 5.74) is 1.19. The van der Waals surface area contributed by atoms with Gasteiger partial charge in [0, 0.05) is 11.0 Å². The van der Waals surface area contributed by atoms with Gasteiger partial charge in [-0.05, 0) is 31.2 Å². The quantitative estimate of drug-likeness (QED) is 0.894. The third kappa shape index (κ3) is 4.10. The Morgan fingerprint density at radius 3 is 2.84 bits per heavy atom. The van der Waals surface area contributed by atoms with Crippen LogP contribution in [0.25, 0.3) is 0 Å². The summed E-state index contributed by atoms with van der Waals surface area (Å²) in [6, 6.07) is 10.1. The predicted molar refractivity (Wildman–Crippen MR) is 79.0 cm³/mol. The van der Waals surface area contributed by atoms with Gasteiger partial charge in [0.05, 0.1) is 6.04 Å². The molecule has 0 saturated carbocycles. The molecule has 1 aliphatic carbocycles. The van der Waals surface area contributed by atoms with E-state index in [-0.39, 0.29) is 17.9 Å². The first-order valence-electron chi connectivity index (χ1n) is 6.86. The summed E-state index contributed by atoms with van der Waals surface area (Å²) in [4.78, 5) is 12.2. The van der Waals surface area contributed by atoms with Crippen molar-refractivity contribution in [2.45, 2.75) is 38.6 Å². The van der Waals surface area contributed by atoms with Gasteiger partial charge in [-0.1, -0.05) is 54.9 Å². The normalized spacial score (nSPS) is 20.5. The highest BCUT2D eigenvalue weighted by atomic mass is 35.5. The largest absolute Gasteiger partial charge is 0.348 e. The summed E-state index contributed by atoms with van der Waals surface area (Å²) in [5.74, 6) is 0.0519. The fraction of sp³-hybridized carbons (Fsp3) is 0.438. The molecule has 1 aromatic carbocycles. The van der Waals surface area contributed by atoms with Gasteiger partial charge in [-0.2, -0.15) is 0 Å². The van der Waals surface area contributed by atoms with Crippen molar-refractivity contribution in [3.05, 3.63) is 47.0 Å². The maximum atomic E-state index is 12.2. The van der Waals surface area contributed by atoms with E-state index >= 15 is 0 Å². The minimum absolute atomic E-state index is 0.0149. The molecular formula is C16H20ClNO. The Morgan fingerprint density at radius 1 is 1.42 bits per heavy atom. The van der Waals surface area contributed by atoms with E-state index in [4.69, 9.17) is 11.6 Å². The molecule has 3 heteroatoms. The Balaban J connectivity index is 1.89. The summed E-state index contributed by atoms with van der Waals surface area (Å²) in [7, 11) is 0. The van der Waals surface area contributed by atoms with Crippen LogP contribution in [0.4, 0.5) is 0 Å². The van der Waals surface area contributed by atoms with Crippen LogP contribution in [0.15, 0.2) is 41.4 Å². The first kappa shape index (κ1) is 14.1. The molecule has 0 heterocycles. The van der Waals surface area contributed by atoms with Crippen LogP contribution in [0.1, 0.15) is 31.7 Å². The van der Waals surface area contributed by atoms with E-state index in [9.17, 15) is 4.79 Å². The van der Waals surface area contributed by atoms with Crippen LogP contribution in [0, 0.1) is 5.92 Å². The Bertz CT molecular complexity index is 455. The summed E-state index contributed by atoms with van der Waals surface area (Å²) in [6.07, 6.45) is 5.83. The molecule has 0 spiro atoms. The molecule has 0 saturated heterocycles. The number of allylic oxidation sites excluding steroid dienone is 1. The van der Waals surface area contributed by atoms with Gasteiger partial charge in [-0.3, -0.25) is 4.79 Å². The summed E-state index contributed by atoms with van der Waals surface area (Å²) in [6.45, 7) is 1.96.